The molecule has 1 amide bonds. The average Bonchev–Trinajstić information content (AvgIpc) is 2.68. The Balaban J connectivity index is 1.41. The molecule has 0 saturated carbocycles. The van der Waals surface area contributed by atoms with Crippen molar-refractivity contribution >= 4 is 11.6 Å². The Kier molecular flexibility index (Phi) is 5.94. The third-order valence-corrected chi connectivity index (χ3v) is 4.87. The van der Waals surface area contributed by atoms with Crippen LogP contribution in [-0.4, -0.2) is 37.6 Å². The summed E-state index contributed by atoms with van der Waals surface area (Å²) in [4.78, 5) is 14.4. The molecule has 1 heterocycles. The number of rotatable bonds is 6. The van der Waals surface area contributed by atoms with Gasteiger partial charge in [0.2, 0.25) is 5.91 Å². The van der Waals surface area contributed by atoms with E-state index in [2.05, 4.69) is 35.6 Å². The number of carbonyl (C=O) groups excluding carboxylic acids is 1. The van der Waals surface area contributed by atoms with E-state index < -0.39 is 0 Å². The van der Waals surface area contributed by atoms with E-state index in [1.807, 2.05) is 29.2 Å². The van der Waals surface area contributed by atoms with Crippen LogP contribution in [0.4, 0.5) is 5.69 Å². The summed E-state index contributed by atoms with van der Waals surface area (Å²) in [6, 6.07) is 18.3. The Morgan fingerprint density at radius 1 is 1.08 bits per heavy atom. The van der Waals surface area contributed by atoms with Crippen molar-refractivity contribution in [3.05, 3.63) is 60.2 Å². The predicted molar refractivity (Wildman–Crippen MR) is 101 cm³/mol. The molecule has 0 atom stereocenters. The van der Waals surface area contributed by atoms with Gasteiger partial charge in [-0.05, 0) is 55.0 Å². The number of amides is 1. The number of methoxy groups -OCH3 is 1. The number of carbonyl (C=O) groups is 1. The molecule has 2 aromatic rings. The highest BCUT2D eigenvalue weighted by molar-refractivity contribution is 5.81. The Labute approximate surface area is 149 Å². The van der Waals surface area contributed by atoms with Crippen LogP contribution in [0.3, 0.4) is 0 Å². The summed E-state index contributed by atoms with van der Waals surface area (Å²) >= 11 is 0. The smallest absolute Gasteiger partial charge is 0.241 e. The quantitative estimate of drug-likeness (QED) is 0.875. The Morgan fingerprint density at radius 2 is 1.76 bits per heavy atom. The topological polar surface area (TPSA) is 41.6 Å². The average molecular weight is 338 g/mol. The first-order valence-electron chi connectivity index (χ1n) is 8.94. The molecule has 1 aliphatic rings. The maximum Gasteiger partial charge on any atom is 0.241 e. The van der Waals surface area contributed by atoms with Crippen LogP contribution >= 0.6 is 0 Å². The number of nitrogens with zero attached hydrogens (tertiary/aromatic N) is 1. The van der Waals surface area contributed by atoms with Crippen LogP contribution in [0.2, 0.25) is 0 Å². The standard InChI is InChI=1S/C21H26N2O2/c1-25-20-9-7-19(8-10-20)22-16-21(24)23-13-11-18(12-14-23)15-17-5-3-2-4-6-17/h2-10,18,22H,11-16H2,1H3. The van der Waals surface area contributed by atoms with Crippen LogP contribution < -0.4 is 10.1 Å². The van der Waals surface area contributed by atoms with Gasteiger partial charge in [-0.2, -0.15) is 0 Å². The largest absolute Gasteiger partial charge is 0.497 e. The molecule has 2 aromatic carbocycles. The van der Waals surface area contributed by atoms with Crippen LogP contribution in [0.1, 0.15) is 18.4 Å². The molecule has 1 aliphatic heterocycles. The lowest BCUT2D eigenvalue weighted by Crippen LogP contribution is -2.41. The zero-order valence-electron chi connectivity index (χ0n) is 14.8. The monoisotopic (exact) mass is 338 g/mol. The van der Waals surface area contributed by atoms with Crippen molar-refractivity contribution in [3.63, 3.8) is 0 Å². The van der Waals surface area contributed by atoms with Crippen LogP contribution in [0.15, 0.2) is 54.6 Å². The zero-order valence-corrected chi connectivity index (χ0v) is 14.8. The molecule has 25 heavy (non-hydrogen) atoms. The number of anilines is 1. The minimum atomic E-state index is 0.175. The van der Waals surface area contributed by atoms with Gasteiger partial charge in [0, 0.05) is 18.8 Å². The fourth-order valence-corrected chi connectivity index (χ4v) is 3.33. The van der Waals surface area contributed by atoms with Crippen LogP contribution in [-0.2, 0) is 11.2 Å². The number of hydrogen-bond acceptors (Lipinski definition) is 3. The van der Waals surface area contributed by atoms with E-state index >= 15 is 0 Å². The number of piperidine rings is 1. The molecular formula is C21H26N2O2. The SMILES string of the molecule is COc1ccc(NCC(=O)N2CCC(Cc3ccccc3)CC2)cc1. The molecule has 0 bridgehead atoms. The highest BCUT2D eigenvalue weighted by Crippen LogP contribution is 2.22. The lowest BCUT2D eigenvalue weighted by molar-refractivity contribution is -0.130. The summed E-state index contributed by atoms with van der Waals surface area (Å²) < 4.78 is 5.14. The molecule has 4 heteroatoms. The number of benzene rings is 2. The Morgan fingerprint density at radius 3 is 2.40 bits per heavy atom. The summed E-state index contributed by atoms with van der Waals surface area (Å²) in [5, 5.41) is 3.20. The maximum atomic E-state index is 12.4. The minimum absolute atomic E-state index is 0.175. The van der Waals surface area contributed by atoms with E-state index in [0.29, 0.717) is 12.5 Å². The number of likely N-dealkylation sites (tertiary alicyclic amines) is 1. The summed E-state index contributed by atoms with van der Waals surface area (Å²) in [6.07, 6.45) is 3.29. The second kappa shape index (κ2) is 8.56. The number of nitrogens with one attached hydrogen (secondary N) is 1. The highest BCUT2D eigenvalue weighted by atomic mass is 16.5. The van der Waals surface area contributed by atoms with E-state index in [1.165, 1.54) is 5.56 Å². The number of ether oxygens (including phenoxy) is 1. The fraction of sp³-hybridized carbons (Fsp3) is 0.381. The van der Waals surface area contributed by atoms with Crippen molar-refractivity contribution in [3.8, 4) is 5.75 Å². The Hall–Kier alpha value is -2.49. The Bertz CT molecular complexity index is 662. The van der Waals surface area contributed by atoms with Crippen molar-refractivity contribution in [1.29, 1.82) is 0 Å². The molecule has 1 N–H and O–H groups in total. The first-order valence-corrected chi connectivity index (χ1v) is 8.94. The van der Waals surface area contributed by atoms with Crippen LogP contribution in [0, 0.1) is 5.92 Å². The van der Waals surface area contributed by atoms with E-state index in [-0.39, 0.29) is 5.91 Å². The maximum absolute atomic E-state index is 12.4. The van der Waals surface area contributed by atoms with Crippen molar-refractivity contribution in [2.45, 2.75) is 19.3 Å². The lowest BCUT2D eigenvalue weighted by atomic mass is 9.90. The van der Waals surface area contributed by atoms with E-state index in [9.17, 15) is 4.79 Å². The molecule has 4 nitrogen and oxygen atoms in total. The molecule has 0 spiro atoms. The second-order valence-electron chi connectivity index (χ2n) is 6.60. The summed E-state index contributed by atoms with van der Waals surface area (Å²) in [5.41, 5.74) is 2.33. The highest BCUT2D eigenvalue weighted by Gasteiger charge is 2.22. The molecule has 0 aliphatic carbocycles. The summed E-state index contributed by atoms with van der Waals surface area (Å²) in [6.45, 7) is 2.07. The van der Waals surface area contributed by atoms with E-state index in [1.54, 1.807) is 7.11 Å². The van der Waals surface area contributed by atoms with Gasteiger partial charge in [-0.3, -0.25) is 4.79 Å². The molecule has 3 rings (SSSR count). The zero-order chi connectivity index (χ0) is 17.5. The van der Waals surface area contributed by atoms with Gasteiger partial charge >= 0.3 is 0 Å². The molecule has 1 fully saturated rings. The van der Waals surface area contributed by atoms with Crippen LogP contribution in [0.5, 0.6) is 5.75 Å². The molecule has 132 valence electrons. The fourth-order valence-electron chi connectivity index (χ4n) is 3.33. The molecular weight excluding hydrogens is 312 g/mol. The van der Waals surface area contributed by atoms with Gasteiger partial charge in [0.05, 0.1) is 13.7 Å². The van der Waals surface area contributed by atoms with Crippen molar-refractivity contribution in [2.75, 3.05) is 32.1 Å². The van der Waals surface area contributed by atoms with Gasteiger partial charge in [0.1, 0.15) is 5.75 Å². The third kappa shape index (κ3) is 4.99. The third-order valence-electron chi connectivity index (χ3n) is 4.87. The van der Waals surface area contributed by atoms with E-state index in [4.69, 9.17) is 4.74 Å². The molecule has 0 unspecified atom stereocenters. The van der Waals surface area contributed by atoms with Crippen LogP contribution in [0.25, 0.3) is 0 Å². The van der Waals surface area contributed by atoms with Gasteiger partial charge in [-0.25, -0.2) is 0 Å². The van der Waals surface area contributed by atoms with Gasteiger partial charge in [0.25, 0.3) is 0 Å². The second-order valence-corrected chi connectivity index (χ2v) is 6.60. The molecule has 1 saturated heterocycles. The van der Waals surface area contributed by atoms with Crippen molar-refractivity contribution in [1.82, 2.24) is 4.90 Å². The first-order chi connectivity index (χ1) is 12.2. The van der Waals surface area contributed by atoms with Gasteiger partial charge in [-0.1, -0.05) is 30.3 Å². The predicted octanol–water partition coefficient (Wildman–Crippen LogP) is 3.59. The van der Waals surface area contributed by atoms with Gasteiger partial charge in [-0.15, -0.1) is 0 Å². The normalized spacial score (nSPS) is 15.0. The van der Waals surface area contributed by atoms with Crippen molar-refractivity contribution < 1.29 is 9.53 Å². The first kappa shape index (κ1) is 17.3. The summed E-state index contributed by atoms with van der Waals surface area (Å²) in [5.74, 6) is 1.67. The van der Waals surface area contributed by atoms with E-state index in [0.717, 1.165) is 43.8 Å². The summed E-state index contributed by atoms with van der Waals surface area (Å²) in [7, 11) is 1.65. The van der Waals surface area contributed by atoms with Gasteiger partial charge in [0.15, 0.2) is 0 Å². The number of hydrogen-bond donors (Lipinski definition) is 1. The lowest BCUT2D eigenvalue weighted by Gasteiger charge is -2.32. The van der Waals surface area contributed by atoms with Crippen molar-refractivity contribution in [2.24, 2.45) is 5.92 Å². The molecule has 0 radical (unpaired) electrons. The van der Waals surface area contributed by atoms with Gasteiger partial charge < -0.3 is 15.0 Å². The minimum Gasteiger partial charge on any atom is -0.497 e. The molecule has 0 aromatic heterocycles.